The molecular weight excluding hydrogens is 196 g/mol. The van der Waals surface area contributed by atoms with Gasteiger partial charge < -0.3 is 5.73 Å². The van der Waals surface area contributed by atoms with Crippen molar-refractivity contribution in [3.8, 4) is 0 Å². The van der Waals surface area contributed by atoms with E-state index < -0.39 is 0 Å². The smallest absolute Gasteiger partial charge is 0.298 e. The normalized spacial score (nSPS) is 9.00. The Morgan fingerprint density at radius 3 is 2.92 bits per heavy atom. The predicted octanol–water partition coefficient (Wildman–Crippen LogP) is -0.379. The van der Waals surface area contributed by atoms with Crippen LogP contribution >= 0.6 is 23.6 Å². The first kappa shape index (κ1) is 8.88. The summed E-state index contributed by atoms with van der Waals surface area (Å²) in [6, 6.07) is 0. The molecule has 0 atom stereocenters. The standard InChI is InChI=1S/C5H6N4OS2/c6-5(11)9-8-3(10)4-7-1-2-12-4/h1-2H,(H,8,10)(H3,6,9,11). The molecule has 1 heterocycles. The third-order valence-electron chi connectivity index (χ3n) is 0.926. The molecule has 0 fully saturated rings. The van der Waals surface area contributed by atoms with Gasteiger partial charge in [0, 0.05) is 11.6 Å². The third kappa shape index (κ3) is 2.44. The molecule has 1 amide bonds. The molecule has 0 aromatic carbocycles. The second-order valence-electron chi connectivity index (χ2n) is 1.78. The zero-order valence-corrected chi connectivity index (χ0v) is 7.54. The number of nitrogens with two attached hydrogens (primary N) is 1. The highest BCUT2D eigenvalue weighted by molar-refractivity contribution is 7.80. The molecule has 0 bridgehead atoms. The van der Waals surface area contributed by atoms with Crippen molar-refractivity contribution in [2.24, 2.45) is 5.73 Å². The summed E-state index contributed by atoms with van der Waals surface area (Å²) in [5.74, 6) is -0.349. The number of hydrazine groups is 1. The molecule has 0 aliphatic carbocycles. The van der Waals surface area contributed by atoms with Crippen molar-refractivity contribution in [1.29, 1.82) is 0 Å². The van der Waals surface area contributed by atoms with E-state index in [1.54, 1.807) is 11.6 Å². The number of hydrogen-bond donors (Lipinski definition) is 3. The summed E-state index contributed by atoms with van der Waals surface area (Å²) >= 11 is 5.71. The van der Waals surface area contributed by atoms with E-state index >= 15 is 0 Å². The lowest BCUT2D eigenvalue weighted by Crippen LogP contribution is -2.44. The monoisotopic (exact) mass is 202 g/mol. The van der Waals surface area contributed by atoms with Gasteiger partial charge in [-0.15, -0.1) is 11.3 Å². The van der Waals surface area contributed by atoms with Gasteiger partial charge in [-0.25, -0.2) is 4.98 Å². The van der Waals surface area contributed by atoms with Crippen LogP contribution in [0.25, 0.3) is 0 Å². The Kier molecular flexibility index (Phi) is 2.94. The fourth-order valence-corrected chi connectivity index (χ4v) is 1.09. The van der Waals surface area contributed by atoms with E-state index in [1.165, 1.54) is 11.3 Å². The molecule has 64 valence electrons. The maximum atomic E-state index is 11.1. The van der Waals surface area contributed by atoms with Gasteiger partial charge in [-0.05, 0) is 12.2 Å². The van der Waals surface area contributed by atoms with Crippen LogP contribution < -0.4 is 16.6 Å². The topological polar surface area (TPSA) is 80.0 Å². The lowest BCUT2D eigenvalue weighted by Gasteiger charge is -2.02. The molecule has 0 spiro atoms. The van der Waals surface area contributed by atoms with Gasteiger partial charge in [0.25, 0.3) is 5.91 Å². The van der Waals surface area contributed by atoms with Crippen molar-refractivity contribution in [2.45, 2.75) is 0 Å². The fraction of sp³-hybridized carbons (Fsp3) is 0. The van der Waals surface area contributed by atoms with E-state index in [4.69, 9.17) is 5.73 Å². The molecule has 0 saturated carbocycles. The zero-order chi connectivity index (χ0) is 8.97. The molecule has 0 aliphatic heterocycles. The number of rotatable bonds is 1. The SMILES string of the molecule is NC(=S)NNC(=O)c1nccs1. The maximum Gasteiger partial charge on any atom is 0.298 e. The summed E-state index contributed by atoms with van der Waals surface area (Å²) in [4.78, 5) is 14.8. The van der Waals surface area contributed by atoms with E-state index in [-0.39, 0.29) is 11.0 Å². The van der Waals surface area contributed by atoms with Crippen molar-refractivity contribution >= 4 is 34.6 Å². The van der Waals surface area contributed by atoms with Crippen LogP contribution in [0.2, 0.25) is 0 Å². The first-order valence-corrected chi connectivity index (χ1v) is 4.24. The molecule has 4 N–H and O–H groups in total. The van der Waals surface area contributed by atoms with E-state index in [2.05, 4.69) is 28.1 Å². The van der Waals surface area contributed by atoms with Crippen LogP contribution in [0.15, 0.2) is 11.6 Å². The summed E-state index contributed by atoms with van der Waals surface area (Å²) < 4.78 is 0. The Morgan fingerprint density at radius 2 is 2.42 bits per heavy atom. The Morgan fingerprint density at radius 1 is 1.67 bits per heavy atom. The largest absolute Gasteiger partial charge is 0.375 e. The van der Waals surface area contributed by atoms with Gasteiger partial charge >= 0.3 is 0 Å². The Labute approximate surface area is 78.0 Å². The number of nitrogens with one attached hydrogen (secondary N) is 2. The molecule has 1 aromatic heterocycles. The van der Waals surface area contributed by atoms with Crippen LogP contribution in [0, 0.1) is 0 Å². The summed E-state index contributed by atoms with van der Waals surface area (Å²) in [6.07, 6.45) is 1.54. The average Bonchev–Trinajstić information content (AvgIpc) is 2.51. The minimum Gasteiger partial charge on any atom is -0.375 e. The number of aromatic nitrogens is 1. The van der Waals surface area contributed by atoms with Crippen molar-refractivity contribution in [3.63, 3.8) is 0 Å². The zero-order valence-electron chi connectivity index (χ0n) is 5.90. The van der Waals surface area contributed by atoms with Gasteiger partial charge in [-0.1, -0.05) is 0 Å². The van der Waals surface area contributed by atoms with Crippen molar-refractivity contribution in [1.82, 2.24) is 15.8 Å². The molecule has 1 rings (SSSR count). The Bertz CT molecular complexity index is 284. The highest BCUT2D eigenvalue weighted by atomic mass is 32.1. The fourth-order valence-electron chi connectivity index (χ4n) is 0.507. The lowest BCUT2D eigenvalue weighted by molar-refractivity contribution is 0.0943. The van der Waals surface area contributed by atoms with E-state index in [1.807, 2.05) is 0 Å². The highest BCUT2D eigenvalue weighted by Gasteiger charge is 2.06. The molecule has 5 nitrogen and oxygen atoms in total. The summed E-state index contributed by atoms with van der Waals surface area (Å²) in [7, 11) is 0. The molecule has 1 aromatic rings. The summed E-state index contributed by atoms with van der Waals surface area (Å²) in [5.41, 5.74) is 9.67. The maximum absolute atomic E-state index is 11.1. The molecule has 0 saturated heterocycles. The number of thiazole rings is 1. The van der Waals surface area contributed by atoms with Gasteiger partial charge in [0.1, 0.15) is 0 Å². The second kappa shape index (κ2) is 3.98. The second-order valence-corrected chi connectivity index (χ2v) is 3.12. The van der Waals surface area contributed by atoms with Crippen molar-refractivity contribution < 1.29 is 4.79 Å². The van der Waals surface area contributed by atoms with Crippen LogP contribution in [-0.4, -0.2) is 16.0 Å². The van der Waals surface area contributed by atoms with Crippen LogP contribution in [0.5, 0.6) is 0 Å². The molecule has 0 unspecified atom stereocenters. The lowest BCUT2D eigenvalue weighted by atomic mass is 10.7. The Balaban J connectivity index is 2.45. The quantitative estimate of drug-likeness (QED) is 0.427. The number of carbonyl (C=O) groups is 1. The number of hydrogen-bond acceptors (Lipinski definition) is 4. The minimum atomic E-state index is -0.349. The Hall–Kier alpha value is -1.21. The third-order valence-corrected chi connectivity index (χ3v) is 1.80. The van der Waals surface area contributed by atoms with E-state index in [0.717, 1.165) is 0 Å². The molecule has 0 aliphatic rings. The van der Waals surface area contributed by atoms with Gasteiger partial charge in [0.15, 0.2) is 10.1 Å². The van der Waals surface area contributed by atoms with Crippen LogP contribution in [0.1, 0.15) is 9.80 Å². The van der Waals surface area contributed by atoms with Gasteiger partial charge in [0.05, 0.1) is 0 Å². The van der Waals surface area contributed by atoms with Crippen molar-refractivity contribution in [2.75, 3.05) is 0 Å². The van der Waals surface area contributed by atoms with E-state index in [9.17, 15) is 4.79 Å². The average molecular weight is 202 g/mol. The number of amides is 1. The van der Waals surface area contributed by atoms with Gasteiger partial charge in [-0.2, -0.15) is 0 Å². The van der Waals surface area contributed by atoms with Crippen LogP contribution in [0.3, 0.4) is 0 Å². The van der Waals surface area contributed by atoms with Gasteiger partial charge in [-0.3, -0.25) is 15.6 Å². The molecule has 7 heteroatoms. The van der Waals surface area contributed by atoms with E-state index in [0.29, 0.717) is 5.01 Å². The minimum absolute atomic E-state index is 0.0138. The molecule has 0 radical (unpaired) electrons. The first-order valence-electron chi connectivity index (χ1n) is 2.95. The molecular formula is C5H6N4OS2. The highest BCUT2D eigenvalue weighted by Crippen LogP contribution is 2.01. The van der Waals surface area contributed by atoms with Gasteiger partial charge in [0.2, 0.25) is 0 Å². The first-order chi connectivity index (χ1) is 5.70. The molecule has 12 heavy (non-hydrogen) atoms. The predicted molar refractivity (Wildman–Crippen MR) is 49.5 cm³/mol. The number of thiocarbonyl (C=S) groups is 1. The summed E-state index contributed by atoms with van der Waals surface area (Å²) in [6.45, 7) is 0. The van der Waals surface area contributed by atoms with Crippen LogP contribution in [0.4, 0.5) is 0 Å². The summed E-state index contributed by atoms with van der Waals surface area (Å²) in [5, 5.41) is 2.08. The number of carbonyl (C=O) groups excluding carboxylic acids is 1. The van der Waals surface area contributed by atoms with Crippen LogP contribution in [-0.2, 0) is 0 Å². The number of nitrogens with zero attached hydrogens (tertiary/aromatic N) is 1. The van der Waals surface area contributed by atoms with Crippen molar-refractivity contribution in [3.05, 3.63) is 16.6 Å².